The quantitative estimate of drug-likeness (QED) is 0.505. The summed E-state index contributed by atoms with van der Waals surface area (Å²) < 4.78 is 33.2. The molecule has 0 spiro atoms. The third kappa shape index (κ3) is 2.72. The number of aryl methyl sites for hydroxylation is 2. The minimum atomic E-state index is -4.39. The van der Waals surface area contributed by atoms with Crippen LogP contribution in [-0.2, 0) is 10.1 Å². The van der Waals surface area contributed by atoms with Gasteiger partial charge in [-0.3, -0.25) is 0 Å². The van der Waals surface area contributed by atoms with Crippen LogP contribution in [0.15, 0.2) is 35.2 Å². The van der Waals surface area contributed by atoms with Gasteiger partial charge < -0.3 is 4.55 Å². The summed E-state index contributed by atoms with van der Waals surface area (Å²) in [5, 5.41) is 1.80. The van der Waals surface area contributed by atoms with Gasteiger partial charge in [-0.2, -0.15) is 0 Å². The molecule has 0 unspecified atom stereocenters. The summed E-state index contributed by atoms with van der Waals surface area (Å²) in [6.45, 7) is 3.57. The molecule has 0 aliphatic rings. The molecule has 0 heterocycles. The second-order valence-electron chi connectivity index (χ2n) is 3.82. The molecular formula is C12H11NaO3S. The molecule has 0 amide bonds. The number of hydrogen-bond acceptors (Lipinski definition) is 3. The SMILES string of the molecule is Cc1cccc2ccc(S(=O)(=O)[O-])c(C)c12.[Na+]. The third-order valence-corrected chi connectivity index (χ3v) is 3.71. The molecule has 17 heavy (non-hydrogen) atoms. The Balaban J connectivity index is 0.00000144. The molecule has 2 aromatic carbocycles. The number of benzene rings is 2. The third-order valence-electron chi connectivity index (χ3n) is 2.73. The van der Waals surface area contributed by atoms with Gasteiger partial charge in [0.05, 0.1) is 4.90 Å². The van der Waals surface area contributed by atoms with E-state index >= 15 is 0 Å². The van der Waals surface area contributed by atoms with Crippen molar-refractivity contribution in [3.63, 3.8) is 0 Å². The zero-order valence-electron chi connectivity index (χ0n) is 10.0. The molecule has 0 N–H and O–H groups in total. The summed E-state index contributed by atoms with van der Waals surface area (Å²) in [6, 6.07) is 8.75. The maximum Gasteiger partial charge on any atom is 1.00 e. The molecule has 3 nitrogen and oxygen atoms in total. The molecule has 0 fully saturated rings. The Bertz CT molecular complexity index is 663. The van der Waals surface area contributed by atoms with Crippen molar-refractivity contribution in [1.82, 2.24) is 0 Å². The summed E-state index contributed by atoms with van der Waals surface area (Å²) in [5.41, 5.74) is 1.51. The van der Waals surface area contributed by atoms with Crippen molar-refractivity contribution in [2.45, 2.75) is 18.7 Å². The predicted molar refractivity (Wildman–Crippen MR) is 61.4 cm³/mol. The molecule has 0 aromatic heterocycles. The van der Waals surface area contributed by atoms with Crippen LogP contribution in [0, 0.1) is 13.8 Å². The van der Waals surface area contributed by atoms with Gasteiger partial charge >= 0.3 is 29.6 Å². The molecule has 0 atom stereocenters. The summed E-state index contributed by atoms with van der Waals surface area (Å²) in [6.07, 6.45) is 0. The first kappa shape index (κ1) is 14.7. The van der Waals surface area contributed by atoms with E-state index in [1.807, 2.05) is 25.1 Å². The number of fused-ring (bicyclic) bond motifs is 1. The van der Waals surface area contributed by atoms with Crippen LogP contribution >= 0.6 is 0 Å². The zero-order valence-corrected chi connectivity index (χ0v) is 12.8. The minimum absolute atomic E-state index is 0. The van der Waals surface area contributed by atoms with Gasteiger partial charge in [-0.25, -0.2) is 8.42 Å². The first-order valence-electron chi connectivity index (χ1n) is 4.86. The van der Waals surface area contributed by atoms with Crippen LogP contribution in [0.3, 0.4) is 0 Å². The van der Waals surface area contributed by atoms with Gasteiger partial charge in [0.15, 0.2) is 0 Å². The van der Waals surface area contributed by atoms with E-state index in [4.69, 9.17) is 0 Å². The summed E-state index contributed by atoms with van der Waals surface area (Å²) in [5.74, 6) is 0. The second-order valence-corrected chi connectivity index (χ2v) is 5.16. The van der Waals surface area contributed by atoms with Crippen LogP contribution in [0.2, 0.25) is 0 Å². The van der Waals surface area contributed by atoms with E-state index in [1.165, 1.54) is 6.07 Å². The van der Waals surface area contributed by atoms with Gasteiger partial charge in [-0.15, -0.1) is 0 Å². The zero-order chi connectivity index (χ0) is 11.9. The first-order chi connectivity index (χ1) is 7.41. The van der Waals surface area contributed by atoms with Crippen molar-refractivity contribution in [1.29, 1.82) is 0 Å². The first-order valence-corrected chi connectivity index (χ1v) is 6.27. The number of hydrogen-bond donors (Lipinski definition) is 0. The van der Waals surface area contributed by atoms with E-state index < -0.39 is 10.1 Å². The monoisotopic (exact) mass is 258 g/mol. The van der Waals surface area contributed by atoms with E-state index in [0.29, 0.717) is 5.56 Å². The fourth-order valence-corrected chi connectivity index (χ4v) is 2.74. The predicted octanol–water partition coefficient (Wildman–Crippen LogP) is -0.635. The fourth-order valence-electron chi connectivity index (χ4n) is 2.03. The van der Waals surface area contributed by atoms with Crippen molar-refractivity contribution in [2.75, 3.05) is 0 Å². The molecule has 5 heteroatoms. The Hall–Kier alpha value is -0.390. The second kappa shape index (κ2) is 5.08. The van der Waals surface area contributed by atoms with E-state index in [0.717, 1.165) is 16.3 Å². The molecule has 84 valence electrons. The topological polar surface area (TPSA) is 57.2 Å². The van der Waals surface area contributed by atoms with Gasteiger partial charge in [0.1, 0.15) is 10.1 Å². The Labute approximate surface area is 123 Å². The van der Waals surface area contributed by atoms with Crippen LogP contribution in [0.4, 0.5) is 0 Å². The van der Waals surface area contributed by atoms with Crippen LogP contribution in [-0.4, -0.2) is 13.0 Å². The molecule has 0 aliphatic heterocycles. The van der Waals surface area contributed by atoms with Gasteiger partial charge in [-0.05, 0) is 41.8 Å². The van der Waals surface area contributed by atoms with Crippen molar-refractivity contribution >= 4 is 20.9 Å². The largest absolute Gasteiger partial charge is 1.00 e. The molecular weight excluding hydrogens is 247 g/mol. The van der Waals surface area contributed by atoms with E-state index in [9.17, 15) is 13.0 Å². The Morgan fingerprint density at radius 3 is 2.29 bits per heavy atom. The standard InChI is InChI=1S/C12H12O3S.Na/c1-8-4-3-5-10-6-7-11(16(13,14)15)9(2)12(8)10;/h3-7H,1-2H3,(H,13,14,15);/q;+1/p-1. The molecule has 2 rings (SSSR count). The minimum Gasteiger partial charge on any atom is -0.744 e. The maximum atomic E-state index is 11.1. The molecule has 0 saturated heterocycles. The number of rotatable bonds is 1. The molecule has 0 bridgehead atoms. The van der Waals surface area contributed by atoms with Crippen LogP contribution in [0.5, 0.6) is 0 Å². The maximum absolute atomic E-state index is 11.1. The van der Waals surface area contributed by atoms with Crippen LogP contribution < -0.4 is 29.6 Å². The summed E-state index contributed by atoms with van der Waals surface area (Å²) in [7, 11) is -4.39. The molecule has 2 aromatic rings. The summed E-state index contributed by atoms with van der Waals surface area (Å²) in [4.78, 5) is -0.130. The van der Waals surface area contributed by atoms with E-state index in [-0.39, 0.29) is 34.5 Å². The van der Waals surface area contributed by atoms with Gasteiger partial charge in [0.2, 0.25) is 0 Å². The molecule has 0 aliphatic carbocycles. The van der Waals surface area contributed by atoms with Crippen molar-refractivity contribution in [2.24, 2.45) is 0 Å². The van der Waals surface area contributed by atoms with Gasteiger partial charge in [-0.1, -0.05) is 24.3 Å². The summed E-state index contributed by atoms with van der Waals surface area (Å²) >= 11 is 0. The smallest absolute Gasteiger partial charge is 0.744 e. The van der Waals surface area contributed by atoms with E-state index in [1.54, 1.807) is 13.0 Å². The average molecular weight is 258 g/mol. The van der Waals surface area contributed by atoms with Gasteiger partial charge in [0, 0.05) is 0 Å². The Kier molecular flexibility index (Phi) is 4.38. The van der Waals surface area contributed by atoms with Gasteiger partial charge in [0.25, 0.3) is 0 Å². The normalized spacial score (nSPS) is 11.2. The Morgan fingerprint density at radius 1 is 1.06 bits per heavy atom. The van der Waals surface area contributed by atoms with Crippen molar-refractivity contribution in [3.05, 3.63) is 41.5 Å². The molecule has 0 radical (unpaired) electrons. The average Bonchev–Trinajstić information content (AvgIpc) is 2.16. The van der Waals surface area contributed by atoms with Crippen molar-refractivity contribution in [3.8, 4) is 0 Å². The van der Waals surface area contributed by atoms with Crippen molar-refractivity contribution < 1.29 is 42.5 Å². The Morgan fingerprint density at radius 2 is 1.71 bits per heavy atom. The molecule has 0 saturated carbocycles. The fraction of sp³-hybridized carbons (Fsp3) is 0.167. The van der Waals surface area contributed by atoms with Crippen LogP contribution in [0.25, 0.3) is 10.8 Å². The van der Waals surface area contributed by atoms with E-state index in [2.05, 4.69) is 0 Å². The van der Waals surface area contributed by atoms with Crippen LogP contribution in [0.1, 0.15) is 11.1 Å².